The number of nitrogens with two attached hydrogens (primary N) is 1. The maximum Gasteiger partial charge on any atom is 0.223 e. The Balaban J connectivity index is 0.000000614. The molecule has 0 radical (unpaired) electrons. The standard InChI is InChI=1S/C15H15ClN6O.2C2H6/c16-13-10-7-11(19-14(10)21-15(17)20-13)9-1-2-12(18-8-9)22-3-5-23-6-4-22;2*1-2/h1-2,7-8H,3-6H2,(H3,17,19,20,21);2*1-2H3. The number of hydrogen-bond acceptors (Lipinski definition) is 6. The Morgan fingerprint density at radius 3 is 2.44 bits per heavy atom. The highest BCUT2D eigenvalue weighted by atomic mass is 35.5. The van der Waals surface area contributed by atoms with Gasteiger partial charge in [0.1, 0.15) is 16.6 Å². The number of ether oxygens (including phenoxy) is 1. The van der Waals surface area contributed by atoms with Gasteiger partial charge in [0, 0.05) is 30.5 Å². The quantitative estimate of drug-likeness (QED) is 0.638. The lowest BCUT2D eigenvalue weighted by molar-refractivity contribution is 0.122. The summed E-state index contributed by atoms with van der Waals surface area (Å²) in [5.41, 5.74) is 8.07. The summed E-state index contributed by atoms with van der Waals surface area (Å²) in [6.45, 7) is 11.2. The second-order valence-corrected chi connectivity index (χ2v) is 5.68. The summed E-state index contributed by atoms with van der Waals surface area (Å²) in [5.74, 6) is 1.10. The monoisotopic (exact) mass is 390 g/mol. The zero-order valence-electron chi connectivity index (χ0n) is 16.3. The smallest absolute Gasteiger partial charge is 0.223 e. The maximum atomic E-state index is 6.10. The molecule has 0 atom stereocenters. The normalized spacial score (nSPS) is 13.4. The average molecular weight is 391 g/mol. The van der Waals surface area contributed by atoms with Gasteiger partial charge >= 0.3 is 0 Å². The minimum Gasteiger partial charge on any atom is -0.378 e. The van der Waals surface area contributed by atoms with Crippen molar-refractivity contribution in [1.82, 2.24) is 19.9 Å². The van der Waals surface area contributed by atoms with Crippen LogP contribution in [0.2, 0.25) is 5.15 Å². The molecule has 146 valence electrons. The molecule has 0 unspecified atom stereocenters. The Morgan fingerprint density at radius 2 is 1.81 bits per heavy atom. The van der Waals surface area contributed by atoms with Gasteiger partial charge in [-0.25, -0.2) is 9.97 Å². The molecular formula is C19H27ClN6O. The van der Waals surface area contributed by atoms with Gasteiger partial charge in [-0.05, 0) is 18.2 Å². The van der Waals surface area contributed by atoms with E-state index >= 15 is 0 Å². The molecule has 3 aromatic heterocycles. The van der Waals surface area contributed by atoms with Gasteiger partial charge < -0.3 is 20.4 Å². The first-order chi connectivity index (χ1) is 13.2. The Kier molecular flexibility index (Phi) is 7.82. The first kappa shape index (κ1) is 20.9. The van der Waals surface area contributed by atoms with Gasteiger partial charge in [0.05, 0.1) is 18.6 Å². The van der Waals surface area contributed by atoms with Crippen molar-refractivity contribution in [3.8, 4) is 11.3 Å². The highest BCUT2D eigenvalue weighted by Crippen LogP contribution is 2.28. The van der Waals surface area contributed by atoms with Crippen molar-refractivity contribution >= 4 is 34.4 Å². The largest absolute Gasteiger partial charge is 0.378 e. The van der Waals surface area contributed by atoms with Crippen molar-refractivity contribution in [2.75, 3.05) is 36.9 Å². The topological polar surface area (TPSA) is 93.0 Å². The van der Waals surface area contributed by atoms with Crippen LogP contribution in [0.15, 0.2) is 24.4 Å². The summed E-state index contributed by atoms with van der Waals surface area (Å²) in [4.78, 5) is 18.1. The Labute approximate surface area is 164 Å². The molecule has 1 fully saturated rings. The molecular weight excluding hydrogens is 364 g/mol. The van der Waals surface area contributed by atoms with Crippen LogP contribution < -0.4 is 10.6 Å². The number of aromatic nitrogens is 4. The molecule has 3 N–H and O–H groups in total. The molecule has 8 heteroatoms. The Morgan fingerprint density at radius 1 is 1.11 bits per heavy atom. The molecule has 1 aliphatic heterocycles. The molecule has 7 nitrogen and oxygen atoms in total. The van der Waals surface area contributed by atoms with Crippen LogP contribution in [0.5, 0.6) is 0 Å². The number of rotatable bonds is 2. The fourth-order valence-electron chi connectivity index (χ4n) is 2.67. The van der Waals surface area contributed by atoms with E-state index in [1.165, 1.54) is 0 Å². The van der Waals surface area contributed by atoms with Crippen LogP contribution in [-0.2, 0) is 4.74 Å². The fourth-order valence-corrected chi connectivity index (χ4v) is 2.90. The van der Waals surface area contributed by atoms with Crippen molar-refractivity contribution in [1.29, 1.82) is 0 Å². The first-order valence-corrected chi connectivity index (χ1v) is 9.69. The number of anilines is 2. The summed E-state index contributed by atoms with van der Waals surface area (Å²) in [6, 6.07) is 5.93. The third-order valence-electron chi connectivity index (χ3n) is 3.85. The molecule has 0 spiro atoms. The van der Waals surface area contributed by atoms with Gasteiger partial charge in [0.2, 0.25) is 5.95 Å². The summed E-state index contributed by atoms with van der Waals surface area (Å²) < 4.78 is 5.36. The van der Waals surface area contributed by atoms with E-state index in [4.69, 9.17) is 22.1 Å². The van der Waals surface area contributed by atoms with Gasteiger partial charge in [-0.15, -0.1) is 0 Å². The number of halogens is 1. The van der Waals surface area contributed by atoms with Crippen molar-refractivity contribution in [3.05, 3.63) is 29.5 Å². The Hall–Kier alpha value is -2.38. The molecule has 0 aliphatic carbocycles. The second-order valence-electron chi connectivity index (χ2n) is 5.32. The zero-order chi connectivity index (χ0) is 19.8. The Bertz CT molecular complexity index is 843. The number of nitrogen functional groups attached to an aromatic ring is 1. The van der Waals surface area contributed by atoms with Gasteiger partial charge in [-0.1, -0.05) is 39.3 Å². The summed E-state index contributed by atoms with van der Waals surface area (Å²) >= 11 is 6.10. The van der Waals surface area contributed by atoms with Crippen LogP contribution in [0.3, 0.4) is 0 Å². The number of nitrogens with one attached hydrogen (secondary N) is 1. The highest BCUT2D eigenvalue weighted by Gasteiger charge is 2.13. The summed E-state index contributed by atoms with van der Waals surface area (Å²) in [7, 11) is 0. The predicted molar refractivity (Wildman–Crippen MR) is 112 cm³/mol. The van der Waals surface area contributed by atoms with E-state index in [-0.39, 0.29) is 5.95 Å². The fraction of sp³-hybridized carbons (Fsp3) is 0.421. The van der Waals surface area contributed by atoms with Crippen LogP contribution in [0, 0.1) is 0 Å². The van der Waals surface area contributed by atoms with E-state index in [0.29, 0.717) is 10.8 Å². The lowest BCUT2D eigenvalue weighted by atomic mass is 10.2. The second kappa shape index (κ2) is 10.1. The predicted octanol–water partition coefficient (Wildman–Crippen LogP) is 4.14. The minimum absolute atomic E-state index is 0.150. The van der Waals surface area contributed by atoms with E-state index in [1.807, 2.05) is 52.1 Å². The molecule has 27 heavy (non-hydrogen) atoms. The van der Waals surface area contributed by atoms with E-state index in [9.17, 15) is 0 Å². The van der Waals surface area contributed by atoms with Crippen LogP contribution >= 0.6 is 11.6 Å². The van der Waals surface area contributed by atoms with Gasteiger partial charge in [0.25, 0.3) is 0 Å². The van der Waals surface area contributed by atoms with Gasteiger partial charge in [-0.3, -0.25) is 0 Å². The molecule has 3 aromatic rings. The highest BCUT2D eigenvalue weighted by molar-refractivity contribution is 6.34. The zero-order valence-corrected chi connectivity index (χ0v) is 17.0. The van der Waals surface area contributed by atoms with E-state index in [2.05, 4.69) is 24.8 Å². The van der Waals surface area contributed by atoms with E-state index < -0.39 is 0 Å². The molecule has 0 amide bonds. The first-order valence-electron chi connectivity index (χ1n) is 9.31. The molecule has 0 bridgehead atoms. The van der Waals surface area contributed by atoms with Crippen molar-refractivity contribution in [2.45, 2.75) is 27.7 Å². The van der Waals surface area contributed by atoms with E-state index in [1.54, 1.807) is 0 Å². The number of hydrogen-bond donors (Lipinski definition) is 2. The van der Waals surface area contributed by atoms with Crippen molar-refractivity contribution in [2.24, 2.45) is 0 Å². The maximum absolute atomic E-state index is 6.10. The molecule has 1 aliphatic rings. The number of morpholine rings is 1. The molecule has 1 saturated heterocycles. The lowest BCUT2D eigenvalue weighted by Gasteiger charge is -2.27. The molecule has 0 saturated carbocycles. The number of H-pyrrole nitrogens is 1. The van der Waals surface area contributed by atoms with Crippen LogP contribution in [0.4, 0.5) is 11.8 Å². The minimum atomic E-state index is 0.150. The third kappa shape index (κ3) is 4.87. The molecule has 4 heterocycles. The van der Waals surface area contributed by atoms with Crippen molar-refractivity contribution in [3.63, 3.8) is 0 Å². The number of aromatic amines is 1. The van der Waals surface area contributed by atoms with Gasteiger partial charge in [0.15, 0.2) is 0 Å². The van der Waals surface area contributed by atoms with E-state index in [0.717, 1.165) is 48.8 Å². The molecule has 0 aromatic carbocycles. The lowest BCUT2D eigenvalue weighted by Crippen LogP contribution is -2.36. The number of fused-ring (bicyclic) bond motifs is 1. The number of nitrogens with zero attached hydrogens (tertiary/aromatic N) is 4. The SMILES string of the molecule is CC.CC.Nc1nc(Cl)c2cc(-c3ccc(N4CCOCC4)nc3)[nH]c2n1. The average Bonchev–Trinajstić information content (AvgIpc) is 3.16. The van der Waals surface area contributed by atoms with Crippen LogP contribution in [0.1, 0.15) is 27.7 Å². The summed E-state index contributed by atoms with van der Waals surface area (Å²) in [5, 5.41) is 1.08. The van der Waals surface area contributed by atoms with Gasteiger partial charge in [-0.2, -0.15) is 4.98 Å². The summed E-state index contributed by atoms with van der Waals surface area (Å²) in [6.07, 6.45) is 1.83. The number of pyridine rings is 1. The molecule has 4 rings (SSSR count). The van der Waals surface area contributed by atoms with Crippen LogP contribution in [0.25, 0.3) is 22.3 Å². The third-order valence-corrected chi connectivity index (χ3v) is 4.14. The van der Waals surface area contributed by atoms with Crippen LogP contribution in [-0.4, -0.2) is 46.2 Å². The van der Waals surface area contributed by atoms with Crippen molar-refractivity contribution < 1.29 is 4.74 Å².